The van der Waals surface area contributed by atoms with Gasteiger partial charge in [-0.3, -0.25) is 0 Å². The monoisotopic (exact) mass is 250 g/mol. The fourth-order valence-electron chi connectivity index (χ4n) is 2.70. The van der Waals surface area contributed by atoms with Crippen molar-refractivity contribution in [3.05, 3.63) is 16.1 Å². The smallest absolute Gasteiger partial charge is 0.107 e. The molecule has 0 amide bonds. The van der Waals surface area contributed by atoms with Gasteiger partial charge in [-0.25, -0.2) is 4.98 Å². The Balaban J connectivity index is 1.49. The molecule has 2 aliphatic carbocycles. The number of aromatic nitrogens is 1. The highest BCUT2D eigenvalue weighted by molar-refractivity contribution is 7.09. The zero-order valence-corrected chi connectivity index (χ0v) is 11.3. The normalized spacial score (nSPS) is 21.9. The molecule has 0 aromatic carbocycles. The summed E-state index contributed by atoms with van der Waals surface area (Å²) in [5.41, 5.74) is 1.37. The largest absolute Gasteiger partial charge is 0.310 e. The average Bonchev–Trinajstić information content (AvgIpc) is 3.07. The number of hydrogen-bond donors (Lipinski definition) is 1. The second kappa shape index (κ2) is 5.49. The molecule has 94 valence electrons. The Hall–Kier alpha value is -0.410. The van der Waals surface area contributed by atoms with E-state index in [0.717, 1.165) is 18.4 Å². The van der Waals surface area contributed by atoms with Gasteiger partial charge in [-0.2, -0.15) is 0 Å². The van der Waals surface area contributed by atoms with Crippen LogP contribution >= 0.6 is 11.3 Å². The first-order valence-electron chi connectivity index (χ1n) is 7.07. The fraction of sp³-hybridized carbons (Fsp3) is 0.786. The van der Waals surface area contributed by atoms with Crippen LogP contribution in [0.2, 0.25) is 0 Å². The molecule has 2 aliphatic rings. The SMILES string of the molecule is c1sc(CNCC2CC2)nc1C1CCCCC1. The zero-order valence-electron chi connectivity index (χ0n) is 10.5. The van der Waals surface area contributed by atoms with Gasteiger partial charge < -0.3 is 5.32 Å². The van der Waals surface area contributed by atoms with Gasteiger partial charge in [0, 0.05) is 17.8 Å². The van der Waals surface area contributed by atoms with Crippen molar-refractivity contribution in [1.82, 2.24) is 10.3 Å². The van der Waals surface area contributed by atoms with Crippen LogP contribution in [0.25, 0.3) is 0 Å². The summed E-state index contributed by atoms with van der Waals surface area (Å²) in [6, 6.07) is 0. The Bertz CT molecular complexity index is 351. The van der Waals surface area contributed by atoms with E-state index in [9.17, 15) is 0 Å². The lowest BCUT2D eigenvalue weighted by atomic mass is 9.87. The molecule has 2 saturated carbocycles. The lowest BCUT2D eigenvalue weighted by molar-refractivity contribution is 0.437. The van der Waals surface area contributed by atoms with Crippen LogP contribution in [0.15, 0.2) is 5.38 Å². The number of hydrogen-bond acceptors (Lipinski definition) is 3. The maximum Gasteiger partial charge on any atom is 0.107 e. The maximum absolute atomic E-state index is 4.81. The van der Waals surface area contributed by atoms with Gasteiger partial charge in [0.05, 0.1) is 5.69 Å². The van der Waals surface area contributed by atoms with E-state index >= 15 is 0 Å². The third-order valence-corrected chi connectivity index (χ3v) is 4.87. The first-order chi connectivity index (χ1) is 8.42. The molecule has 0 atom stereocenters. The van der Waals surface area contributed by atoms with Crippen molar-refractivity contribution in [2.45, 2.75) is 57.4 Å². The Kier molecular flexibility index (Phi) is 3.77. The molecular weight excluding hydrogens is 228 g/mol. The fourth-order valence-corrected chi connectivity index (χ4v) is 3.54. The van der Waals surface area contributed by atoms with Crippen molar-refractivity contribution in [2.24, 2.45) is 5.92 Å². The van der Waals surface area contributed by atoms with Crippen LogP contribution < -0.4 is 5.32 Å². The Morgan fingerprint density at radius 2 is 2.00 bits per heavy atom. The number of rotatable bonds is 5. The molecule has 1 N–H and O–H groups in total. The molecule has 2 fully saturated rings. The Morgan fingerprint density at radius 1 is 1.18 bits per heavy atom. The lowest BCUT2D eigenvalue weighted by Gasteiger charge is -2.19. The lowest BCUT2D eigenvalue weighted by Crippen LogP contribution is -2.16. The van der Waals surface area contributed by atoms with E-state index in [1.165, 1.54) is 62.2 Å². The highest BCUT2D eigenvalue weighted by Crippen LogP contribution is 2.33. The summed E-state index contributed by atoms with van der Waals surface area (Å²) in [6.45, 7) is 2.17. The highest BCUT2D eigenvalue weighted by Gasteiger charge is 2.21. The second-order valence-corrected chi connectivity index (χ2v) is 6.52. The van der Waals surface area contributed by atoms with Crippen molar-refractivity contribution in [1.29, 1.82) is 0 Å². The van der Waals surface area contributed by atoms with Gasteiger partial charge in [-0.1, -0.05) is 19.3 Å². The van der Waals surface area contributed by atoms with Crippen LogP contribution in [-0.2, 0) is 6.54 Å². The van der Waals surface area contributed by atoms with Gasteiger partial charge in [0.15, 0.2) is 0 Å². The van der Waals surface area contributed by atoms with Crippen LogP contribution in [0.4, 0.5) is 0 Å². The standard InChI is InChI=1S/C14H22N2S/c1-2-4-12(5-3-1)13-10-17-14(16-13)9-15-8-11-6-7-11/h10-12,15H,1-9H2. The molecular formula is C14H22N2S. The van der Waals surface area contributed by atoms with E-state index in [0.29, 0.717) is 0 Å². The van der Waals surface area contributed by atoms with E-state index in [2.05, 4.69) is 10.7 Å². The van der Waals surface area contributed by atoms with Crippen molar-refractivity contribution in [3.63, 3.8) is 0 Å². The van der Waals surface area contributed by atoms with Crippen molar-refractivity contribution >= 4 is 11.3 Å². The van der Waals surface area contributed by atoms with Crippen molar-refractivity contribution < 1.29 is 0 Å². The molecule has 0 bridgehead atoms. The molecule has 0 radical (unpaired) electrons. The summed E-state index contributed by atoms with van der Waals surface area (Å²) in [4.78, 5) is 4.81. The van der Waals surface area contributed by atoms with Gasteiger partial charge in [-0.05, 0) is 38.1 Å². The summed E-state index contributed by atoms with van der Waals surface area (Å²) in [6.07, 6.45) is 9.80. The molecule has 1 heterocycles. The molecule has 1 aromatic heterocycles. The van der Waals surface area contributed by atoms with E-state index < -0.39 is 0 Å². The summed E-state index contributed by atoms with van der Waals surface area (Å²) in [5.74, 6) is 1.73. The van der Waals surface area contributed by atoms with Crippen LogP contribution in [0.5, 0.6) is 0 Å². The minimum Gasteiger partial charge on any atom is -0.310 e. The highest BCUT2D eigenvalue weighted by atomic mass is 32.1. The quantitative estimate of drug-likeness (QED) is 0.862. The zero-order chi connectivity index (χ0) is 11.5. The van der Waals surface area contributed by atoms with Crippen LogP contribution in [0.1, 0.15) is 61.6 Å². The molecule has 2 nitrogen and oxygen atoms in total. The van der Waals surface area contributed by atoms with Gasteiger partial charge in [0.1, 0.15) is 5.01 Å². The number of nitrogens with zero attached hydrogens (tertiary/aromatic N) is 1. The molecule has 3 heteroatoms. The first kappa shape index (κ1) is 11.7. The minimum absolute atomic E-state index is 0.761. The summed E-state index contributed by atoms with van der Waals surface area (Å²) in [5, 5.41) is 7.11. The average molecular weight is 250 g/mol. The van der Waals surface area contributed by atoms with Crippen molar-refractivity contribution in [2.75, 3.05) is 6.54 Å². The second-order valence-electron chi connectivity index (χ2n) is 5.58. The third-order valence-electron chi connectivity index (χ3n) is 4.00. The van der Waals surface area contributed by atoms with Crippen LogP contribution in [0, 0.1) is 5.92 Å². The molecule has 0 unspecified atom stereocenters. The molecule has 0 aliphatic heterocycles. The van der Waals surface area contributed by atoms with E-state index in [-0.39, 0.29) is 0 Å². The van der Waals surface area contributed by atoms with Gasteiger partial charge in [0.2, 0.25) is 0 Å². The third kappa shape index (κ3) is 3.29. The van der Waals surface area contributed by atoms with Gasteiger partial charge >= 0.3 is 0 Å². The van der Waals surface area contributed by atoms with Gasteiger partial charge in [0.25, 0.3) is 0 Å². The van der Waals surface area contributed by atoms with Gasteiger partial charge in [-0.15, -0.1) is 11.3 Å². The van der Waals surface area contributed by atoms with Crippen LogP contribution in [-0.4, -0.2) is 11.5 Å². The number of nitrogens with one attached hydrogen (secondary N) is 1. The Labute approximate surface area is 108 Å². The molecule has 3 rings (SSSR count). The minimum atomic E-state index is 0.761. The predicted octanol–water partition coefficient (Wildman–Crippen LogP) is 3.69. The Morgan fingerprint density at radius 3 is 2.76 bits per heavy atom. The van der Waals surface area contributed by atoms with E-state index in [1.807, 2.05) is 11.3 Å². The predicted molar refractivity (Wildman–Crippen MR) is 72.4 cm³/mol. The van der Waals surface area contributed by atoms with Crippen LogP contribution in [0.3, 0.4) is 0 Å². The summed E-state index contributed by atoms with van der Waals surface area (Å²) >= 11 is 1.84. The molecule has 0 saturated heterocycles. The summed E-state index contributed by atoms with van der Waals surface area (Å²) in [7, 11) is 0. The van der Waals surface area contributed by atoms with E-state index in [1.54, 1.807) is 0 Å². The number of thiazole rings is 1. The summed E-state index contributed by atoms with van der Waals surface area (Å²) < 4.78 is 0. The topological polar surface area (TPSA) is 24.9 Å². The van der Waals surface area contributed by atoms with Crippen molar-refractivity contribution in [3.8, 4) is 0 Å². The first-order valence-corrected chi connectivity index (χ1v) is 7.95. The van der Waals surface area contributed by atoms with E-state index in [4.69, 9.17) is 4.98 Å². The molecule has 17 heavy (non-hydrogen) atoms. The molecule has 1 aromatic rings. The maximum atomic E-state index is 4.81. The molecule has 0 spiro atoms.